The van der Waals surface area contributed by atoms with Crippen LogP contribution in [-0.4, -0.2) is 34.8 Å². The first-order valence-electron chi connectivity index (χ1n) is 8.88. The van der Waals surface area contributed by atoms with Gasteiger partial charge in [0.25, 0.3) is 5.91 Å². The fraction of sp³-hybridized carbons (Fsp3) is 0.300. The number of hydrogen-bond acceptors (Lipinski definition) is 3. The normalized spacial score (nSPS) is 17.4. The largest absolute Gasteiger partial charge is 0.467 e. The number of likely N-dealkylation sites (tertiary alicyclic amines) is 1. The molecule has 3 aromatic rings. The number of H-pyrrole nitrogens is 1. The van der Waals surface area contributed by atoms with E-state index in [1.165, 1.54) is 0 Å². The molecule has 2 N–H and O–H groups in total. The van der Waals surface area contributed by atoms with Gasteiger partial charge in [0.2, 0.25) is 5.91 Å². The number of piperidine rings is 1. The third kappa shape index (κ3) is 3.35. The molecule has 0 aliphatic carbocycles. The minimum absolute atomic E-state index is 0.0319. The molecule has 2 aromatic heterocycles. The summed E-state index contributed by atoms with van der Waals surface area (Å²) in [5.41, 5.74) is 1.52. The first-order chi connectivity index (χ1) is 12.7. The van der Waals surface area contributed by atoms with Gasteiger partial charge in [-0.25, -0.2) is 0 Å². The Morgan fingerprint density at radius 2 is 2.12 bits per heavy atom. The molecule has 1 saturated heterocycles. The maximum absolute atomic E-state index is 12.8. The summed E-state index contributed by atoms with van der Waals surface area (Å²) in [6.07, 6.45) is 3.20. The number of carbonyl (C=O) groups is 2. The molecule has 0 radical (unpaired) electrons. The van der Waals surface area contributed by atoms with Crippen molar-refractivity contribution in [3.8, 4) is 0 Å². The quantitative estimate of drug-likeness (QED) is 0.759. The highest BCUT2D eigenvalue weighted by molar-refractivity contribution is 5.98. The van der Waals surface area contributed by atoms with Crippen molar-refractivity contribution in [3.63, 3.8) is 0 Å². The molecular formula is C20H21N3O3. The molecule has 0 bridgehead atoms. The van der Waals surface area contributed by atoms with Crippen molar-refractivity contribution < 1.29 is 14.0 Å². The zero-order valence-electron chi connectivity index (χ0n) is 14.4. The van der Waals surface area contributed by atoms with Crippen molar-refractivity contribution >= 4 is 22.7 Å². The van der Waals surface area contributed by atoms with Crippen LogP contribution in [0.4, 0.5) is 0 Å². The van der Waals surface area contributed by atoms with Crippen LogP contribution in [0.15, 0.2) is 53.1 Å². The van der Waals surface area contributed by atoms with Gasteiger partial charge < -0.3 is 19.6 Å². The molecule has 1 aliphatic heterocycles. The lowest BCUT2D eigenvalue weighted by Gasteiger charge is -2.31. The number of hydrogen-bond donors (Lipinski definition) is 2. The number of rotatable bonds is 4. The molecule has 1 aromatic carbocycles. The number of nitrogens with one attached hydrogen (secondary N) is 2. The van der Waals surface area contributed by atoms with Crippen LogP contribution in [0, 0.1) is 5.92 Å². The number of aromatic amines is 1. The second-order valence-corrected chi connectivity index (χ2v) is 6.66. The zero-order chi connectivity index (χ0) is 17.9. The summed E-state index contributed by atoms with van der Waals surface area (Å²) >= 11 is 0. The summed E-state index contributed by atoms with van der Waals surface area (Å²) in [6, 6.07) is 13.3. The molecule has 2 amide bonds. The average Bonchev–Trinajstić information content (AvgIpc) is 3.35. The molecule has 0 unspecified atom stereocenters. The lowest BCUT2D eigenvalue weighted by Crippen LogP contribution is -2.45. The van der Waals surface area contributed by atoms with Crippen LogP contribution in [0.25, 0.3) is 10.9 Å². The number of para-hydroxylation sites is 1. The lowest BCUT2D eigenvalue weighted by atomic mass is 9.97. The molecule has 3 heterocycles. The Morgan fingerprint density at radius 3 is 2.92 bits per heavy atom. The molecule has 6 heteroatoms. The first kappa shape index (κ1) is 16.4. The van der Waals surface area contributed by atoms with E-state index in [9.17, 15) is 9.59 Å². The van der Waals surface area contributed by atoms with Crippen LogP contribution in [0.1, 0.15) is 29.1 Å². The Bertz CT molecular complexity index is 880. The minimum atomic E-state index is -0.188. The van der Waals surface area contributed by atoms with Gasteiger partial charge in [-0.2, -0.15) is 0 Å². The molecule has 1 fully saturated rings. The fourth-order valence-electron chi connectivity index (χ4n) is 3.47. The van der Waals surface area contributed by atoms with E-state index in [-0.39, 0.29) is 17.7 Å². The number of aromatic nitrogens is 1. The van der Waals surface area contributed by atoms with Gasteiger partial charge in [0.05, 0.1) is 18.7 Å². The predicted octanol–water partition coefficient (Wildman–Crippen LogP) is 2.93. The number of furan rings is 1. The Morgan fingerprint density at radius 1 is 1.23 bits per heavy atom. The van der Waals surface area contributed by atoms with Crippen LogP contribution in [0.2, 0.25) is 0 Å². The second kappa shape index (κ2) is 7.07. The molecule has 0 spiro atoms. The molecule has 134 valence electrons. The summed E-state index contributed by atoms with van der Waals surface area (Å²) in [4.78, 5) is 30.2. The van der Waals surface area contributed by atoms with Crippen LogP contribution < -0.4 is 5.32 Å². The summed E-state index contributed by atoms with van der Waals surface area (Å²) in [7, 11) is 0. The van der Waals surface area contributed by atoms with Crippen LogP contribution in [0.5, 0.6) is 0 Å². The molecule has 1 atom stereocenters. The average molecular weight is 351 g/mol. The summed E-state index contributed by atoms with van der Waals surface area (Å²) < 4.78 is 5.23. The highest BCUT2D eigenvalue weighted by atomic mass is 16.3. The summed E-state index contributed by atoms with van der Waals surface area (Å²) in [6.45, 7) is 1.49. The van der Waals surface area contributed by atoms with Crippen molar-refractivity contribution in [2.24, 2.45) is 5.92 Å². The smallest absolute Gasteiger partial charge is 0.270 e. The Balaban J connectivity index is 1.40. The van der Waals surface area contributed by atoms with E-state index >= 15 is 0 Å². The highest BCUT2D eigenvalue weighted by Crippen LogP contribution is 2.21. The van der Waals surface area contributed by atoms with Gasteiger partial charge in [-0.15, -0.1) is 0 Å². The van der Waals surface area contributed by atoms with E-state index in [1.54, 1.807) is 17.2 Å². The van der Waals surface area contributed by atoms with Crippen molar-refractivity contribution in [2.45, 2.75) is 19.4 Å². The second-order valence-electron chi connectivity index (χ2n) is 6.66. The molecule has 6 nitrogen and oxygen atoms in total. The fourth-order valence-corrected chi connectivity index (χ4v) is 3.47. The third-order valence-corrected chi connectivity index (χ3v) is 4.86. The molecule has 26 heavy (non-hydrogen) atoms. The number of fused-ring (bicyclic) bond motifs is 1. The van der Waals surface area contributed by atoms with Crippen LogP contribution in [0.3, 0.4) is 0 Å². The van der Waals surface area contributed by atoms with Gasteiger partial charge in [0.1, 0.15) is 11.5 Å². The highest BCUT2D eigenvalue weighted by Gasteiger charge is 2.29. The predicted molar refractivity (Wildman–Crippen MR) is 97.5 cm³/mol. The van der Waals surface area contributed by atoms with Crippen LogP contribution >= 0.6 is 0 Å². The topological polar surface area (TPSA) is 78.3 Å². The van der Waals surface area contributed by atoms with E-state index in [0.717, 1.165) is 29.5 Å². The van der Waals surface area contributed by atoms with Crippen molar-refractivity contribution in [1.82, 2.24) is 15.2 Å². The number of amides is 2. The molecule has 1 aliphatic rings. The monoisotopic (exact) mass is 351 g/mol. The van der Waals surface area contributed by atoms with Crippen molar-refractivity contribution in [3.05, 3.63) is 60.2 Å². The molecule has 0 saturated carbocycles. The number of benzene rings is 1. The lowest BCUT2D eigenvalue weighted by molar-refractivity contribution is -0.126. The Kier molecular flexibility index (Phi) is 4.48. The van der Waals surface area contributed by atoms with Gasteiger partial charge >= 0.3 is 0 Å². The standard InChI is InChI=1S/C20H21N3O3/c24-19(21-12-16-7-4-10-26-16)15-6-3-9-23(13-15)20(25)18-11-14-5-1-2-8-17(14)22-18/h1-2,4-5,7-8,10-11,15,22H,3,6,9,12-13H2,(H,21,24)/t15-/m1/s1. The van der Waals surface area contributed by atoms with E-state index < -0.39 is 0 Å². The van der Waals surface area contributed by atoms with Crippen molar-refractivity contribution in [2.75, 3.05) is 13.1 Å². The minimum Gasteiger partial charge on any atom is -0.467 e. The summed E-state index contributed by atoms with van der Waals surface area (Å²) in [5.74, 6) is 0.451. The Hall–Kier alpha value is -3.02. The first-order valence-corrected chi connectivity index (χ1v) is 8.88. The maximum Gasteiger partial charge on any atom is 0.270 e. The third-order valence-electron chi connectivity index (χ3n) is 4.86. The SMILES string of the molecule is O=C(NCc1ccco1)[C@@H]1CCCN(C(=O)c2cc3ccccc3[nH]2)C1. The van der Waals surface area contributed by atoms with E-state index in [4.69, 9.17) is 4.42 Å². The van der Waals surface area contributed by atoms with Gasteiger partial charge in [-0.1, -0.05) is 18.2 Å². The summed E-state index contributed by atoms with van der Waals surface area (Å²) in [5, 5.41) is 3.91. The number of nitrogens with zero attached hydrogens (tertiary/aromatic N) is 1. The number of carbonyl (C=O) groups excluding carboxylic acids is 2. The maximum atomic E-state index is 12.8. The van der Waals surface area contributed by atoms with E-state index in [1.807, 2.05) is 36.4 Å². The zero-order valence-corrected chi connectivity index (χ0v) is 14.4. The van der Waals surface area contributed by atoms with Gasteiger partial charge in [0, 0.05) is 24.0 Å². The van der Waals surface area contributed by atoms with Gasteiger partial charge in [0.15, 0.2) is 0 Å². The van der Waals surface area contributed by atoms with Gasteiger partial charge in [-0.3, -0.25) is 9.59 Å². The molecule has 4 rings (SSSR count). The van der Waals surface area contributed by atoms with Crippen LogP contribution in [-0.2, 0) is 11.3 Å². The van der Waals surface area contributed by atoms with E-state index in [0.29, 0.717) is 25.3 Å². The molecular weight excluding hydrogens is 330 g/mol. The van der Waals surface area contributed by atoms with Crippen molar-refractivity contribution in [1.29, 1.82) is 0 Å². The Labute approximate surface area is 151 Å². The van der Waals surface area contributed by atoms with Gasteiger partial charge in [-0.05, 0) is 37.1 Å². The van der Waals surface area contributed by atoms with E-state index in [2.05, 4.69) is 10.3 Å².